The van der Waals surface area contributed by atoms with Gasteiger partial charge in [0, 0.05) is 22.5 Å². The van der Waals surface area contributed by atoms with Gasteiger partial charge in [0.1, 0.15) is 11.4 Å². The van der Waals surface area contributed by atoms with Crippen molar-refractivity contribution in [2.75, 3.05) is 19.6 Å². The van der Waals surface area contributed by atoms with E-state index in [9.17, 15) is 9.18 Å². The highest BCUT2D eigenvalue weighted by molar-refractivity contribution is 6.30. The van der Waals surface area contributed by atoms with Gasteiger partial charge in [0.05, 0.1) is 6.04 Å². The minimum absolute atomic E-state index is 0.0682. The van der Waals surface area contributed by atoms with Crippen molar-refractivity contribution in [3.05, 3.63) is 70.2 Å². The number of likely N-dealkylation sites (tertiary alicyclic amines) is 1. The number of aryl methyl sites for hydroxylation is 1. The minimum atomic E-state index is -0.346. The van der Waals surface area contributed by atoms with Crippen molar-refractivity contribution in [1.29, 1.82) is 0 Å². The molecule has 0 radical (unpaired) electrons. The molecule has 1 saturated heterocycles. The molecule has 0 aliphatic carbocycles. The molecule has 3 aromatic rings. The van der Waals surface area contributed by atoms with E-state index >= 15 is 0 Å². The number of nitrogens with one attached hydrogen (secondary N) is 1. The van der Waals surface area contributed by atoms with Crippen LogP contribution >= 0.6 is 11.6 Å². The number of hydrogen-bond acceptors (Lipinski definition) is 3. The van der Waals surface area contributed by atoms with Crippen molar-refractivity contribution < 1.29 is 13.6 Å². The average molecular weight is 415 g/mol. The third-order valence-electron chi connectivity index (χ3n) is 5.65. The van der Waals surface area contributed by atoms with Gasteiger partial charge < -0.3 is 9.73 Å². The molecule has 1 amide bonds. The van der Waals surface area contributed by atoms with Crippen LogP contribution in [0, 0.1) is 12.7 Å². The van der Waals surface area contributed by atoms with Crippen molar-refractivity contribution in [2.24, 2.45) is 0 Å². The first kappa shape index (κ1) is 19.9. The zero-order chi connectivity index (χ0) is 20.4. The molecule has 1 aromatic heterocycles. The monoisotopic (exact) mass is 414 g/mol. The van der Waals surface area contributed by atoms with Crippen LogP contribution in [0.25, 0.3) is 11.0 Å². The van der Waals surface area contributed by atoms with Gasteiger partial charge in [0.25, 0.3) is 5.91 Å². The van der Waals surface area contributed by atoms with Crippen molar-refractivity contribution in [2.45, 2.75) is 32.2 Å². The van der Waals surface area contributed by atoms with Gasteiger partial charge in [-0.05, 0) is 68.8 Å². The summed E-state index contributed by atoms with van der Waals surface area (Å²) in [6, 6.07) is 12.2. The predicted octanol–water partition coefficient (Wildman–Crippen LogP) is 5.49. The molecule has 1 N–H and O–H groups in total. The molecule has 29 heavy (non-hydrogen) atoms. The second kappa shape index (κ2) is 8.56. The topological polar surface area (TPSA) is 45.5 Å². The normalized spacial score (nSPS) is 16.1. The van der Waals surface area contributed by atoms with Crippen molar-refractivity contribution >= 4 is 28.5 Å². The minimum Gasteiger partial charge on any atom is -0.451 e. The van der Waals surface area contributed by atoms with Crippen LogP contribution < -0.4 is 5.32 Å². The van der Waals surface area contributed by atoms with Gasteiger partial charge in [-0.15, -0.1) is 0 Å². The van der Waals surface area contributed by atoms with Gasteiger partial charge in [-0.25, -0.2) is 4.39 Å². The summed E-state index contributed by atoms with van der Waals surface area (Å²) in [7, 11) is 0. The molecule has 0 spiro atoms. The third-order valence-corrected chi connectivity index (χ3v) is 5.90. The summed E-state index contributed by atoms with van der Waals surface area (Å²) in [6.45, 7) is 4.25. The van der Waals surface area contributed by atoms with Crippen LogP contribution in [-0.2, 0) is 0 Å². The van der Waals surface area contributed by atoms with Gasteiger partial charge in [-0.3, -0.25) is 9.69 Å². The molecular weight excluding hydrogens is 391 g/mol. The van der Waals surface area contributed by atoms with Crippen LogP contribution in [0.3, 0.4) is 0 Å². The second-order valence-electron chi connectivity index (χ2n) is 7.57. The largest absolute Gasteiger partial charge is 0.451 e. The number of carbonyl (C=O) groups is 1. The molecule has 1 aliphatic heterocycles. The lowest BCUT2D eigenvalue weighted by atomic mass is 10.0. The van der Waals surface area contributed by atoms with Gasteiger partial charge in [0.2, 0.25) is 0 Å². The lowest BCUT2D eigenvalue weighted by Gasteiger charge is -2.35. The Labute approximate surface area is 174 Å². The maximum absolute atomic E-state index is 13.5. The van der Waals surface area contributed by atoms with Crippen LogP contribution in [0.1, 0.15) is 47.0 Å². The standard InChI is InChI=1S/C23H24ClFN2O2/c1-15-19-13-18(25)9-10-21(19)29-22(15)23(28)26-14-20(27-11-3-2-4-12-27)16-5-7-17(24)8-6-16/h5-10,13,20H,2-4,11-12,14H2,1H3,(H,26,28)/t20-/m0/s1. The Morgan fingerprint density at radius 2 is 1.90 bits per heavy atom. The fourth-order valence-electron chi connectivity index (χ4n) is 4.05. The van der Waals surface area contributed by atoms with E-state index in [-0.39, 0.29) is 23.5 Å². The fraction of sp³-hybridized carbons (Fsp3) is 0.348. The number of carbonyl (C=O) groups excluding carboxylic acids is 1. The van der Waals surface area contributed by atoms with E-state index in [4.69, 9.17) is 16.0 Å². The predicted molar refractivity (Wildman–Crippen MR) is 113 cm³/mol. The van der Waals surface area contributed by atoms with Gasteiger partial charge in [0.15, 0.2) is 5.76 Å². The Morgan fingerprint density at radius 3 is 2.62 bits per heavy atom. The molecule has 4 rings (SSSR count). The number of nitrogens with zero attached hydrogens (tertiary/aromatic N) is 1. The lowest BCUT2D eigenvalue weighted by Crippen LogP contribution is -2.40. The van der Waals surface area contributed by atoms with E-state index in [0.29, 0.717) is 28.1 Å². The molecule has 4 nitrogen and oxygen atoms in total. The molecule has 152 valence electrons. The Hall–Kier alpha value is -2.37. The van der Waals surface area contributed by atoms with Gasteiger partial charge >= 0.3 is 0 Å². The first-order valence-corrected chi connectivity index (χ1v) is 10.4. The van der Waals surface area contributed by atoms with E-state index < -0.39 is 0 Å². The Balaban J connectivity index is 1.54. The highest BCUT2D eigenvalue weighted by Crippen LogP contribution is 2.28. The van der Waals surface area contributed by atoms with E-state index in [2.05, 4.69) is 10.2 Å². The first-order valence-electron chi connectivity index (χ1n) is 9.99. The van der Waals surface area contributed by atoms with Gasteiger partial charge in [-0.2, -0.15) is 0 Å². The number of halogens is 2. The highest BCUT2D eigenvalue weighted by atomic mass is 35.5. The van der Waals surface area contributed by atoms with E-state index in [0.717, 1.165) is 31.5 Å². The van der Waals surface area contributed by atoms with E-state index in [1.807, 2.05) is 24.3 Å². The maximum atomic E-state index is 13.5. The molecule has 0 saturated carbocycles. The van der Waals surface area contributed by atoms with Crippen molar-refractivity contribution in [1.82, 2.24) is 10.2 Å². The number of fused-ring (bicyclic) bond motifs is 1. The molecule has 0 bridgehead atoms. The summed E-state index contributed by atoms with van der Waals surface area (Å²) in [5.74, 6) is -0.393. The zero-order valence-corrected chi connectivity index (χ0v) is 17.1. The van der Waals surface area contributed by atoms with E-state index in [1.54, 1.807) is 13.0 Å². The summed E-state index contributed by atoms with van der Waals surface area (Å²) < 4.78 is 19.3. The van der Waals surface area contributed by atoms with Crippen LogP contribution in [0.2, 0.25) is 5.02 Å². The number of rotatable bonds is 5. The molecule has 2 heterocycles. The number of furan rings is 1. The number of benzene rings is 2. The first-order chi connectivity index (χ1) is 14.0. The molecule has 1 fully saturated rings. The molecule has 6 heteroatoms. The second-order valence-corrected chi connectivity index (χ2v) is 8.01. The van der Waals surface area contributed by atoms with Gasteiger partial charge in [-0.1, -0.05) is 30.2 Å². The molecule has 1 atom stereocenters. The SMILES string of the molecule is Cc1c(C(=O)NC[C@@H](c2ccc(Cl)cc2)N2CCCCC2)oc2ccc(F)cc12. The molecule has 1 aliphatic rings. The van der Waals surface area contributed by atoms with Crippen molar-refractivity contribution in [3.63, 3.8) is 0 Å². The molecule has 2 aromatic carbocycles. The Bertz CT molecular complexity index is 1010. The van der Waals surface area contributed by atoms with Crippen LogP contribution in [0.15, 0.2) is 46.9 Å². The molecule has 0 unspecified atom stereocenters. The summed E-state index contributed by atoms with van der Waals surface area (Å²) in [5.41, 5.74) is 2.29. The summed E-state index contributed by atoms with van der Waals surface area (Å²) in [5, 5.41) is 4.34. The third kappa shape index (κ3) is 4.31. The van der Waals surface area contributed by atoms with Crippen LogP contribution in [0.5, 0.6) is 0 Å². The summed E-state index contributed by atoms with van der Waals surface area (Å²) in [6.07, 6.45) is 3.56. The Kier molecular flexibility index (Phi) is 5.88. The van der Waals surface area contributed by atoms with Crippen LogP contribution in [-0.4, -0.2) is 30.4 Å². The summed E-state index contributed by atoms with van der Waals surface area (Å²) in [4.78, 5) is 15.3. The number of amides is 1. The number of hydrogen-bond donors (Lipinski definition) is 1. The smallest absolute Gasteiger partial charge is 0.287 e. The molecular formula is C23H24ClFN2O2. The van der Waals surface area contributed by atoms with Crippen LogP contribution in [0.4, 0.5) is 4.39 Å². The van der Waals surface area contributed by atoms with E-state index in [1.165, 1.54) is 18.6 Å². The Morgan fingerprint density at radius 1 is 1.17 bits per heavy atom. The number of piperidine rings is 1. The summed E-state index contributed by atoms with van der Waals surface area (Å²) >= 11 is 6.05. The average Bonchev–Trinajstić information content (AvgIpc) is 3.06. The zero-order valence-electron chi connectivity index (χ0n) is 16.4. The maximum Gasteiger partial charge on any atom is 0.287 e. The highest BCUT2D eigenvalue weighted by Gasteiger charge is 2.24. The van der Waals surface area contributed by atoms with Crippen molar-refractivity contribution in [3.8, 4) is 0 Å². The fourth-order valence-corrected chi connectivity index (χ4v) is 4.18. The quantitative estimate of drug-likeness (QED) is 0.600. The lowest BCUT2D eigenvalue weighted by molar-refractivity contribution is 0.0898.